The molecule has 3 rings (SSSR count). The molecule has 27 heavy (non-hydrogen) atoms. The number of para-hydroxylation sites is 1. The van der Waals surface area contributed by atoms with Crippen LogP contribution in [0.25, 0.3) is 0 Å². The lowest BCUT2D eigenvalue weighted by Gasteiger charge is -2.22. The Morgan fingerprint density at radius 3 is 2.63 bits per heavy atom. The standard InChI is InChI=1S/C20H18N2O5/c1-13(2)12-21-17-9-4-3-8-16(17)20(25,19(21)24)11-18(23)14-6-5-7-15(10-14)22(26)27/h3-10,25H,1,11-12H2,2H3/t20-/m0/s1. The molecule has 2 aromatic rings. The molecule has 138 valence electrons. The van der Waals surface area contributed by atoms with Crippen molar-refractivity contribution in [2.24, 2.45) is 0 Å². The van der Waals surface area contributed by atoms with Crippen molar-refractivity contribution in [2.75, 3.05) is 11.4 Å². The number of nitrogens with zero attached hydrogens (tertiary/aromatic N) is 2. The molecule has 7 nitrogen and oxygen atoms in total. The monoisotopic (exact) mass is 366 g/mol. The molecule has 0 radical (unpaired) electrons. The zero-order valence-corrected chi connectivity index (χ0v) is 14.7. The minimum absolute atomic E-state index is 0.0706. The Morgan fingerprint density at radius 2 is 1.96 bits per heavy atom. The molecule has 0 bridgehead atoms. The number of rotatable bonds is 6. The molecule has 7 heteroatoms. The van der Waals surface area contributed by atoms with E-state index in [1.807, 2.05) is 0 Å². The Balaban J connectivity index is 1.97. The van der Waals surface area contributed by atoms with Crippen molar-refractivity contribution >= 4 is 23.1 Å². The fraction of sp³-hybridized carbons (Fsp3) is 0.200. The lowest BCUT2D eigenvalue weighted by Crippen LogP contribution is -2.42. The quantitative estimate of drug-likeness (QED) is 0.367. The van der Waals surface area contributed by atoms with Crippen LogP contribution < -0.4 is 4.90 Å². The van der Waals surface area contributed by atoms with E-state index < -0.39 is 28.6 Å². The van der Waals surface area contributed by atoms with Gasteiger partial charge >= 0.3 is 0 Å². The van der Waals surface area contributed by atoms with E-state index in [-0.39, 0.29) is 17.8 Å². The molecule has 1 aliphatic heterocycles. The van der Waals surface area contributed by atoms with Crippen molar-refractivity contribution in [3.05, 3.63) is 81.9 Å². The number of aliphatic hydroxyl groups is 1. The van der Waals surface area contributed by atoms with Gasteiger partial charge in [-0.25, -0.2) is 0 Å². The molecule has 0 saturated carbocycles. The molecule has 0 spiro atoms. The highest BCUT2D eigenvalue weighted by Crippen LogP contribution is 2.43. The summed E-state index contributed by atoms with van der Waals surface area (Å²) >= 11 is 0. The van der Waals surface area contributed by atoms with Gasteiger partial charge in [-0.3, -0.25) is 19.7 Å². The molecule has 0 unspecified atom stereocenters. The van der Waals surface area contributed by atoms with E-state index in [1.165, 1.54) is 23.1 Å². The van der Waals surface area contributed by atoms with Gasteiger partial charge in [-0.1, -0.05) is 42.5 Å². The van der Waals surface area contributed by atoms with Gasteiger partial charge in [-0.15, -0.1) is 0 Å². The predicted octanol–water partition coefficient (Wildman–Crippen LogP) is 2.98. The van der Waals surface area contributed by atoms with Crippen molar-refractivity contribution in [1.82, 2.24) is 0 Å². The molecule has 0 fully saturated rings. The van der Waals surface area contributed by atoms with E-state index in [0.717, 1.165) is 11.6 Å². The van der Waals surface area contributed by atoms with E-state index >= 15 is 0 Å². The third-order valence-corrected chi connectivity index (χ3v) is 4.46. The molecule has 1 amide bonds. The number of nitro groups is 1. The second-order valence-corrected chi connectivity index (χ2v) is 6.63. The largest absolute Gasteiger partial charge is 0.375 e. The SMILES string of the molecule is C=C(C)CN1C(=O)[C@](O)(CC(=O)c2cccc([N+](=O)[O-])c2)c2ccccc21. The number of hydrogen-bond donors (Lipinski definition) is 1. The number of Topliss-reactive ketones (excluding diaryl/α,β-unsaturated/α-hetero) is 1. The van der Waals surface area contributed by atoms with E-state index in [2.05, 4.69) is 6.58 Å². The first-order valence-corrected chi connectivity index (χ1v) is 8.30. The van der Waals surface area contributed by atoms with Crippen LogP contribution in [-0.4, -0.2) is 28.3 Å². The zero-order valence-electron chi connectivity index (χ0n) is 14.7. The number of carbonyl (C=O) groups excluding carboxylic acids is 2. The van der Waals surface area contributed by atoms with Crippen molar-refractivity contribution < 1.29 is 19.6 Å². The van der Waals surface area contributed by atoms with E-state index in [9.17, 15) is 24.8 Å². The van der Waals surface area contributed by atoms with Crippen LogP contribution in [0.4, 0.5) is 11.4 Å². The second kappa shape index (κ2) is 6.77. The molecule has 1 heterocycles. The van der Waals surface area contributed by atoms with Crippen molar-refractivity contribution in [3.63, 3.8) is 0 Å². The molecule has 1 atom stereocenters. The first-order chi connectivity index (χ1) is 12.7. The van der Waals surface area contributed by atoms with Gasteiger partial charge in [0.2, 0.25) is 0 Å². The van der Waals surface area contributed by atoms with E-state index in [1.54, 1.807) is 31.2 Å². The molecule has 1 aliphatic rings. The van der Waals surface area contributed by atoms with Gasteiger partial charge in [0.25, 0.3) is 11.6 Å². The van der Waals surface area contributed by atoms with Crippen molar-refractivity contribution in [2.45, 2.75) is 18.9 Å². The zero-order chi connectivity index (χ0) is 19.8. The molecule has 1 N–H and O–H groups in total. The fourth-order valence-electron chi connectivity index (χ4n) is 3.23. The average Bonchev–Trinajstić information content (AvgIpc) is 2.84. The molecule has 0 aromatic heterocycles. The van der Waals surface area contributed by atoms with E-state index in [4.69, 9.17) is 0 Å². The summed E-state index contributed by atoms with van der Waals surface area (Å²) in [6.07, 6.45) is -0.503. The number of amides is 1. The average molecular weight is 366 g/mol. The van der Waals surface area contributed by atoms with Crippen LogP contribution in [0.2, 0.25) is 0 Å². The topological polar surface area (TPSA) is 101 Å². The van der Waals surface area contributed by atoms with Gasteiger partial charge in [-0.05, 0) is 13.0 Å². The summed E-state index contributed by atoms with van der Waals surface area (Å²) in [5.41, 5.74) is -0.577. The Bertz CT molecular complexity index is 968. The number of ketones is 1. The van der Waals surface area contributed by atoms with Gasteiger partial charge in [-0.2, -0.15) is 0 Å². The maximum Gasteiger partial charge on any atom is 0.270 e. The number of non-ortho nitro benzene ring substituents is 1. The Labute approximate surface area is 155 Å². The number of fused-ring (bicyclic) bond motifs is 1. The summed E-state index contributed by atoms with van der Waals surface area (Å²) in [7, 11) is 0. The van der Waals surface area contributed by atoms with Crippen LogP contribution in [0.5, 0.6) is 0 Å². The number of carbonyl (C=O) groups is 2. The number of hydrogen-bond acceptors (Lipinski definition) is 5. The highest BCUT2D eigenvalue weighted by Gasteiger charge is 2.50. The maximum atomic E-state index is 12.9. The number of nitro benzene ring substituents is 1. The Morgan fingerprint density at radius 1 is 1.26 bits per heavy atom. The molecular formula is C20H18N2O5. The van der Waals surface area contributed by atoms with Crippen LogP contribution in [0.1, 0.15) is 29.3 Å². The summed E-state index contributed by atoms with van der Waals surface area (Å²) in [4.78, 5) is 37.4. The van der Waals surface area contributed by atoms with Crippen molar-refractivity contribution in [3.8, 4) is 0 Å². The number of anilines is 1. The lowest BCUT2D eigenvalue weighted by molar-refractivity contribution is -0.384. The summed E-state index contributed by atoms with van der Waals surface area (Å²) in [5.74, 6) is -1.16. The molecule has 0 aliphatic carbocycles. The summed E-state index contributed by atoms with van der Waals surface area (Å²) in [5, 5.41) is 22.1. The smallest absolute Gasteiger partial charge is 0.270 e. The van der Waals surface area contributed by atoms with Crippen LogP contribution in [-0.2, 0) is 10.4 Å². The van der Waals surface area contributed by atoms with Gasteiger partial charge in [0, 0.05) is 29.8 Å². The molecule has 0 saturated heterocycles. The van der Waals surface area contributed by atoms with Crippen LogP contribution in [0, 0.1) is 10.1 Å². The van der Waals surface area contributed by atoms with Gasteiger partial charge < -0.3 is 10.0 Å². The fourth-order valence-corrected chi connectivity index (χ4v) is 3.23. The second-order valence-electron chi connectivity index (χ2n) is 6.63. The maximum absolute atomic E-state index is 12.9. The number of benzene rings is 2. The predicted molar refractivity (Wildman–Crippen MR) is 99.5 cm³/mol. The third kappa shape index (κ3) is 3.24. The minimum Gasteiger partial charge on any atom is -0.375 e. The normalized spacial score (nSPS) is 18.3. The minimum atomic E-state index is -2.02. The van der Waals surface area contributed by atoms with Gasteiger partial charge in [0.05, 0.1) is 17.0 Å². The molecule has 2 aromatic carbocycles. The van der Waals surface area contributed by atoms with Crippen LogP contribution >= 0.6 is 0 Å². The van der Waals surface area contributed by atoms with Crippen LogP contribution in [0.15, 0.2) is 60.7 Å². The van der Waals surface area contributed by atoms with Crippen molar-refractivity contribution in [1.29, 1.82) is 0 Å². The van der Waals surface area contributed by atoms with E-state index in [0.29, 0.717) is 11.3 Å². The van der Waals surface area contributed by atoms with Gasteiger partial charge in [0.1, 0.15) is 0 Å². The lowest BCUT2D eigenvalue weighted by atomic mass is 9.88. The third-order valence-electron chi connectivity index (χ3n) is 4.46. The Hall–Kier alpha value is -3.32. The summed E-state index contributed by atoms with van der Waals surface area (Å²) < 4.78 is 0. The van der Waals surface area contributed by atoms with Gasteiger partial charge in [0.15, 0.2) is 11.4 Å². The first-order valence-electron chi connectivity index (χ1n) is 8.30. The first kappa shape index (κ1) is 18.5. The highest BCUT2D eigenvalue weighted by molar-refractivity contribution is 6.11. The molecular weight excluding hydrogens is 348 g/mol. The van der Waals surface area contributed by atoms with Crippen LogP contribution in [0.3, 0.4) is 0 Å². The summed E-state index contributed by atoms with van der Waals surface area (Å²) in [6, 6.07) is 12.0. The highest BCUT2D eigenvalue weighted by atomic mass is 16.6. The Kier molecular flexibility index (Phi) is 4.63. The summed E-state index contributed by atoms with van der Waals surface area (Å²) in [6.45, 7) is 5.79.